The molecule has 0 radical (unpaired) electrons. The molecule has 1 aromatic carbocycles. The Morgan fingerprint density at radius 1 is 1.15 bits per heavy atom. The summed E-state index contributed by atoms with van der Waals surface area (Å²) in [6.45, 7) is 14.6. The Labute approximate surface area is 162 Å². The van der Waals surface area contributed by atoms with Gasteiger partial charge in [0.25, 0.3) is 5.91 Å². The fourth-order valence-electron chi connectivity index (χ4n) is 3.55. The van der Waals surface area contributed by atoms with Crippen LogP contribution in [-0.4, -0.2) is 33.9 Å². The van der Waals surface area contributed by atoms with Crippen LogP contribution >= 0.6 is 0 Å². The Hall–Kier alpha value is -2.14. The smallest absolute Gasteiger partial charge is 0.255 e. The van der Waals surface area contributed by atoms with Gasteiger partial charge in [0.05, 0.1) is 16.8 Å². The van der Waals surface area contributed by atoms with Crippen molar-refractivity contribution in [2.24, 2.45) is 5.41 Å². The zero-order valence-corrected chi connectivity index (χ0v) is 17.6. The van der Waals surface area contributed by atoms with Crippen LogP contribution in [0.5, 0.6) is 0 Å². The molecule has 1 heterocycles. The molecule has 148 valence electrons. The van der Waals surface area contributed by atoms with Crippen molar-refractivity contribution in [2.75, 3.05) is 13.2 Å². The molecule has 0 unspecified atom stereocenters. The zero-order valence-electron chi connectivity index (χ0n) is 17.6. The highest BCUT2D eigenvalue weighted by atomic mass is 16.3. The van der Waals surface area contributed by atoms with Gasteiger partial charge in [0.2, 0.25) is 0 Å². The van der Waals surface area contributed by atoms with Gasteiger partial charge in [0.1, 0.15) is 0 Å². The van der Waals surface area contributed by atoms with E-state index in [1.54, 1.807) is 0 Å². The van der Waals surface area contributed by atoms with Crippen LogP contribution in [0.25, 0.3) is 0 Å². The fraction of sp³-hybridized carbons (Fsp3) is 0.545. The molecule has 0 aliphatic carbocycles. The zero-order chi connectivity index (χ0) is 20.4. The molecule has 1 aromatic heterocycles. The van der Waals surface area contributed by atoms with Crippen molar-refractivity contribution in [3.63, 3.8) is 0 Å². The second kappa shape index (κ2) is 7.85. The first-order valence-electron chi connectivity index (χ1n) is 9.49. The first kappa shape index (κ1) is 21.2. The number of benzene rings is 1. The number of rotatable bonds is 6. The van der Waals surface area contributed by atoms with Crippen LogP contribution in [-0.2, 0) is 5.54 Å². The minimum absolute atomic E-state index is 0.00548. The maximum absolute atomic E-state index is 13.0. The molecular formula is C22H33N3O2. The van der Waals surface area contributed by atoms with Crippen LogP contribution < -0.4 is 5.32 Å². The van der Waals surface area contributed by atoms with E-state index in [0.717, 1.165) is 17.0 Å². The van der Waals surface area contributed by atoms with Crippen LogP contribution in [0.3, 0.4) is 0 Å². The van der Waals surface area contributed by atoms with Gasteiger partial charge in [0, 0.05) is 24.8 Å². The maximum Gasteiger partial charge on any atom is 0.255 e. The standard InChI is InChI=1S/C22H33N3O2/c1-15-19(16(2)25(24-15)21(3,4)5)20(27)23-13-18(22(6,7)14-26)17-11-9-8-10-12-17/h8-12,18,26H,13-14H2,1-7H3,(H,23,27)/t18-/m0/s1. The highest BCUT2D eigenvalue weighted by Crippen LogP contribution is 2.34. The summed E-state index contributed by atoms with van der Waals surface area (Å²) in [6.07, 6.45) is 0. The first-order chi connectivity index (χ1) is 12.5. The van der Waals surface area contributed by atoms with Crippen molar-refractivity contribution in [3.05, 3.63) is 52.8 Å². The highest BCUT2D eigenvalue weighted by molar-refractivity contribution is 5.96. The Morgan fingerprint density at radius 2 is 1.74 bits per heavy atom. The molecule has 0 aliphatic rings. The van der Waals surface area contributed by atoms with Crippen molar-refractivity contribution in [2.45, 2.75) is 59.9 Å². The van der Waals surface area contributed by atoms with Gasteiger partial charge in [-0.3, -0.25) is 9.48 Å². The number of carbonyl (C=O) groups is 1. The summed E-state index contributed by atoms with van der Waals surface area (Å²) in [6, 6.07) is 10.0. The van der Waals surface area contributed by atoms with E-state index in [2.05, 4.69) is 31.2 Å². The summed E-state index contributed by atoms with van der Waals surface area (Å²) in [5.74, 6) is -0.110. The van der Waals surface area contributed by atoms with E-state index in [0.29, 0.717) is 12.1 Å². The van der Waals surface area contributed by atoms with E-state index in [1.807, 2.05) is 62.7 Å². The topological polar surface area (TPSA) is 67.2 Å². The summed E-state index contributed by atoms with van der Waals surface area (Å²) < 4.78 is 1.91. The molecule has 0 bridgehead atoms. The van der Waals surface area contributed by atoms with Crippen molar-refractivity contribution < 1.29 is 9.90 Å². The van der Waals surface area contributed by atoms with Crippen molar-refractivity contribution in [1.82, 2.24) is 15.1 Å². The van der Waals surface area contributed by atoms with E-state index < -0.39 is 0 Å². The van der Waals surface area contributed by atoms with E-state index in [9.17, 15) is 9.90 Å². The Balaban J connectivity index is 2.26. The summed E-state index contributed by atoms with van der Waals surface area (Å²) in [4.78, 5) is 13.0. The number of carbonyl (C=O) groups excluding carboxylic acids is 1. The van der Waals surface area contributed by atoms with Crippen LogP contribution in [0.4, 0.5) is 0 Å². The van der Waals surface area contributed by atoms with Crippen LogP contribution in [0.1, 0.15) is 67.8 Å². The number of hydrogen-bond acceptors (Lipinski definition) is 3. The molecule has 0 saturated carbocycles. The molecule has 5 heteroatoms. The maximum atomic E-state index is 13.0. The molecule has 0 fully saturated rings. The Kier molecular flexibility index (Phi) is 6.15. The molecule has 1 atom stereocenters. The van der Waals surface area contributed by atoms with Crippen LogP contribution in [0.15, 0.2) is 30.3 Å². The number of hydrogen-bond donors (Lipinski definition) is 2. The number of aliphatic hydroxyl groups is 1. The number of nitrogens with one attached hydrogen (secondary N) is 1. The number of amides is 1. The van der Waals surface area contributed by atoms with Gasteiger partial charge in [-0.1, -0.05) is 44.2 Å². The molecule has 27 heavy (non-hydrogen) atoms. The van der Waals surface area contributed by atoms with Crippen molar-refractivity contribution in [3.8, 4) is 0 Å². The minimum Gasteiger partial charge on any atom is -0.396 e. The van der Waals surface area contributed by atoms with Gasteiger partial charge in [0.15, 0.2) is 0 Å². The van der Waals surface area contributed by atoms with Gasteiger partial charge >= 0.3 is 0 Å². The van der Waals surface area contributed by atoms with Gasteiger partial charge < -0.3 is 10.4 Å². The van der Waals surface area contributed by atoms with E-state index in [-0.39, 0.29) is 29.4 Å². The number of aryl methyl sites for hydroxylation is 1. The molecule has 2 N–H and O–H groups in total. The fourth-order valence-corrected chi connectivity index (χ4v) is 3.55. The summed E-state index contributed by atoms with van der Waals surface area (Å²) in [5.41, 5.74) is 2.81. The first-order valence-corrected chi connectivity index (χ1v) is 9.49. The lowest BCUT2D eigenvalue weighted by molar-refractivity contribution is 0.0918. The van der Waals surface area contributed by atoms with E-state index >= 15 is 0 Å². The number of aromatic nitrogens is 2. The van der Waals surface area contributed by atoms with Crippen LogP contribution in [0, 0.1) is 19.3 Å². The predicted molar refractivity (Wildman–Crippen MR) is 109 cm³/mol. The molecule has 2 aromatic rings. The molecule has 1 amide bonds. The second-order valence-corrected chi connectivity index (χ2v) is 8.95. The molecule has 0 aliphatic heterocycles. The molecule has 0 spiro atoms. The monoisotopic (exact) mass is 371 g/mol. The molecule has 0 saturated heterocycles. The lowest BCUT2D eigenvalue weighted by Crippen LogP contribution is -2.37. The highest BCUT2D eigenvalue weighted by Gasteiger charge is 2.31. The van der Waals surface area contributed by atoms with E-state index in [1.165, 1.54) is 0 Å². The third-order valence-corrected chi connectivity index (χ3v) is 5.17. The lowest BCUT2D eigenvalue weighted by atomic mass is 9.75. The largest absolute Gasteiger partial charge is 0.396 e. The number of aliphatic hydroxyl groups excluding tert-OH is 1. The number of nitrogens with zero attached hydrogens (tertiary/aromatic N) is 2. The van der Waals surface area contributed by atoms with Gasteiger partial charge in [-0.2, -0.15) is 5.10 Å². The third kappa shape index (κ3) is 4.59. The quantitative estimate of drug-likeness (QED) is 0.812. The summed E-state index contributed by atoms with van der Waals surface area (Å²) in [5, 5.41) is 17.5. The Morgan fingerprint density at radius 3 is 2.22 bits per heavy atom. The van der Waals surface area contributed by atoms with Gasteiger partial charge in [-0.25, -0.2) is 0 Å². The SMILES string of the molecule is Cc1nn(C(C)(C)C)c(C)c1C(=O)NC[C@@H](c1ccccc1)C(C)(C)CO. The average Bonchev–Trinajstić information content (AvgIpc) is 2.90. The van der Waals surface area contributed by atoms with E-state index in [4.69, 9.17) is 0 Å². The Bertz CT molecular complexity index is 786. The summed E-state index contributed by atoms with van der Waals surface area (Å²) >= 11 is 0. The van der Waals surface area contributed by atoms with Crippen molar-refractivity contribution in [1.29, 1.82) is 0 Å². The second-order valence-electron chi connectivity index (χ2n) is 8.95. The lowest BCUT2D eigenvalue weighted by Gasteiger charge is -2.33. The van der Waals surface area contributed by atoms with Gasteiger partial charge in [-0.15, -0.1) is 0 Å². The van der Waals surface area contributed by atoms with Crippen LogP contribution in [0.2, 0.25) is 0 Å². The third-order valence-electron chi connectivity index (χ3n) is 5.17. The summed E-state index contributed by atoms with van der Waals surface area (Å²) in [7, 11) is 0. The average molecular weight is 372 g/mol. The molecular weight excluding hydrogens is 338 g/mol. The minimum atomic E-state index is -0.353. The molecule has 2 rings (SSSR count). The predicted octanol–water partition coefficient (Wildman–Crippen LogP) is 3.79. The normalized spacial score (nSPS) is 13.5. The van der Waals surface area contributed by atoms with Crippen molar-refractivity contribution >= 4 is 5.91 Å². The van der Waals surface area contributed by atoms with Gasteiger partial charge in [-0.05, 0) is 45.6 Å². The molecule has 5 nitrogen and oxygen atoms in total.